The molecule has 0 aliphatic carbocycles. The molecule has 0 aromatic heterocycles. The third-order valence-electron chi connectivity index (χ3n) is 2.23. The van der Waals surface area contributed by atoms with Crippen LogP contribution in [0.3, 0.4) is 0 Å². The maximum atomic E-state index is 13.4. The van der Waals surface area contributed by atoms with E-state index in [1.807, 2.05) is 0 Å². The standard InChI is InChI=1S/C13H9F3N2OS/c1-6(2)12(19)8(5-17)13(20)18-11-9(15)3-7(14)4-10(11)16/h3-4,19H,1H2,2H3,(H,18,20). The molecule has 2 N–H and O–H groups in total. The number of nitrogens with one attached hydrogen (secondary N) is 1. The summed E-state index contributed by atoms with van der Waals surface area (Å²) in [4.78, 5) is -0.405. The Kier molecular flexibility index (Phi) is 4.88. The number of allylic oxidation sites excluding steroid dienone is 1. The normalized spacial score (nSPS) is 11.3. The lowest BCUT2D eigenvalue weighted by molar-refractivity contribution is 0.422. The van der Waals surface area contributed by atoms with Crippen molar-refractivity contribution in [1.82, 2.24) is 0 Å². The Hall–Kier alpha value is -2.33. The number of hydrogen-bond acceptors (Lipinski definition) is 3. The predicted octanol–water partition coefficient (Wildman–Crippen LogP) is 3.75. The Bertz CT molecular complexity index is 639. The zero-order chi connectivity index (χ0) is 15.4. The van der Waals surface area contributed by atoms with Gasteiger partial charge in [-0.05, 0) is 12.5 Å². The van der Waals surface area contributed by atoms with E-state index < -0.39 is 39.5 Å². The van der Waals surface area contributed by atoms with Crippen molar-refractivity contribution in [2.75, 3.05) is 5.32 Å². The van der Waals surface area contributed by atoms with Crippen molar-refractivity contribution >= 4 is 22.9 Å². The number of rotatable bonds is 3. The van der Waals surface area contributed by atoms with Gasteiger partial charge in [0.05, 0.1) is 0 Å². The highest BCUT2D eigenvalue weighted by Gasteiger charge is 2.17. The summed E-state index contributed by atoms with van der Waals surface area (Å²) < 4.78 is 39.6. The van der Waals surface area contributed by atoms with Crippen LogP contribution in [-0.4, -0.2) is 10.1 Å². The lowest BCUT2D eigenvalue weighted by Crippen LogP contribution is -2.16. The Labute approximate surface area is 118 Å². The van der Waals surface area contributed by atoms with Crippen LogP contribution in [0.1, 0.15) is 6.92 Å². The molecule has 0 saturated heterocycles. The highest BCUT2D eigenvalue weighted by molar-refractivity contribution is 7.81. The van der Waals surface area contributed by atoms with E-state index in [4.69, 9.17) is 17.5 Å². The molecule has 0 amide bonds. The molecular weight excluding hydrogens is 289 g/mol. The monoisotopic (exact) mass is 298 g/mol. The number of hydrogen-bond donors (Lipinski definition) is 2. The fraction of sp³-hybridized carbons (Fsp3) is 0.0769. The number of aliphatic hydroxyl groups excluding tert-OH is 1. The quantitative estimate of drug-likeness (QED) is 0.293. The summed E-state index contributed by atoms with van der Waals surface area (Å²) in [7, 11) is 0. The second-order valence-corrected chi connectivity index (χ2v) is 4.22. The minimum Gasteiger partial charge on any atom is -0.506 e. The van der Waals surface area contributed by atoms with Gasteiger partial charge in [0.1, 0.15) is 33.9 Å². The summed E-state index contributed by atoms with van der Waals surface area (Å²) in [5.74, 6) is -4.00. The highest BCUT2D eigenvalue weighted by atomic mass is 32.1. The zero-order valence-electron chi connectivity index (χ0n) is 10.3. The first kappa shape index (κ1) is 15.7. The van der Waals surface area contributed by atoms with E-state index in [1.54, 1.807) is 6.07 Å². The molecule has 0 saturated carbocycles. The second kappa shape index (κ2) is 6.21. The number of nitriles is 1. The molecule has 0 aliphatic rings. The molecule has 7 heteroatoms. The highest BCUT2D eigenvalue weighted by Crippen LogP contribution is 2.22. The average Bonchev–Trinajstić information content (AvgIpc) is 2.34. The number of halogens is 3. The Morgan fingerprint density at radius 3 is 2.25 bits per heavy atom. The van der Waals surface area contributed by atoms with Crippen LogP contribution in [0.15, 0.2) is 35.6 Å². The molecule has 20 heavy (non-hydrogen) atoms. The molecule has 1 rings (SSSR count). The molecule has 0 unspecified atom stereocenters. The summed E-state index contributed by atoms with van der Waals surface area (Å²) in [6.45, 7) is 4.84. The van der Waals surface area contributed by atoms with Gasteiger partial charge in [-0.1, -0.05) is 18.8 Å². The summed E-state index contributed by atoms with van der Waals surface area (Å²) in [6.07, 6.45) is 0. The van der Waals surface area contributed by atoms with E-state index in [0.29, 0.717) is 12.1 Å². The fourth-order valence-corrected chi connectivity index (χ4v) is 1.51. The van der Waals surface area contributed by atoms with Crippen LogP contribution in [0.5, 0.6) is 0 Å². The van der Waals surface area contributed by atoms with Gasteiger partial charge in [-0.2, -0.15) is 5.26 Å². The van der Waals surface area contributed by atoms with E-state index in [9.17, 15) is 18.3 Å². The van der Waals surface area contributed by atoms with E-state index in [1.165, 1.54) is 6.92 Å². The van der Waals surface area contributed by atoms with Crippen molar-refractivity contribution in [3.8, 4) is 6.07 Å². The first-order chi connectivity index (χ1) is 9.27. The fourth-order valence-electron chi connectivity index (χ4n) is 1.26. The third kappa shape index (κ3) is 3.36. The molecule has 1 aromatic carbocycles. The van der Waals surface area contributed by atoms with E-state index >= 15 is 0 Å². The topological polar surface area (TPSA) is 56.0 Å². The molecule has 104 valence electrons. The number of nitrogens with zero attached hydrogens (tertiary/aromatic N) is 1. The van der Waals surface area contributed by atoms with Gasteiger partial charge in [-0.15, -0.1) is 0 Å². The van der Waals surface area contributed by atoms with Crippen LogP contribution < -0.4 is 5.32 Å². The van der Waals surface area contributed by atoms with Crippen LogP contribution >= 0.6 is 12.2 Å². The maximum Gasteiger partial charge on any atom is 0.152 e. The van der Waals surface area contributed by atoms with Crippen molar-refractivity contribution in [2.24, 2.45) is 0 Å². The van der Waals surface area contributed by atoms with Crippen molar-refractivity contribution < 1.29 is 18.3 Å². The van der Waals surface area contributed by atoms with Gasteiger partial charge < -0.3 is 10.4 Å². The zero-order valence-corrected chi connectivity index (χ0v) is 11.1. The van der Waals surface area contributed by atoms with Gasteiger partial charge in [0.15, 0.2) is 11.6 Å². The lowest BCUT2D eigenvalue weighted by Gasteiger charge is -2.10. The van der Waals surface area contributed by atoms with E-state index in [0.717, 1.165) is 0 Å². The number of thiocarbonyl (C=S) groups is 1. The minimum absolute atomic E-state index is 0.158. The molecule has 1 aromatic rings. The molecule has 0 radical (unpaired) electrons. The smallest absolute Gasteiger partial charge is 0.152 e. The Balaban J connectivity index is 3.18. The minimum atomic E-state index is -1.21. The summed E-state index contributed by atoms with van der Waals surface area (Å²) in [5.41, 5.74) is -0.944. The van der Waals surface area contributed by atoms with Crippen LogP contribution in [-0.2, 0) is 0 Å². The van der Waals surface area contributed by atoms with Crippen LogP contribution in [0, 0.1) is 28.8 Å². The first-order valence-electron chi connectivity index (χ1n) is 5.23. The average molecular weight is 298 g/mol. The molecule has 0 aliphatic heterocycles. The van der Waals surface area contributed by atoms with Gasteiger partial charge in [0.2, 0.25) is 0 Å². The maximum absolute atomic E-state index is 13.4. The molecule has 0 atom stereocenters. The van der Waals surface area contributed by atoms with Crippen molar-refractivity contribution in [1.29, 1.82) is 5.26 Å². The Morgan fingerprint density at radius 2 is 1.85 bits per heavy atom. The molecule has 0 spiro atoms. The van der Waals surface area contributed by atoms with Gasteiger partial charge in [0.25, 0.3) is 0 Å². The summed E-state index contributed by atoms with van der Waals surface area (Å²) in [5, 5.41) is 20.6. The van der Waals surface area contributed by atoms with Gasteiger partial charge >= 0.3 is 0 Å². The van der Waals surface area contributed by atoms with Gasteiger partial charge in [0, 0.05) is 12.1 Å². The SMILES string of the molecule is C=C(C)C(O)=C(C#N)C(=S)Nc1c(F)cc(F)cc1F. The predicted molar refractivity (Wildman–Crippen MR) is 72.6 cm³/mol. The number of anilines is 1. The summed E-state index contributed by atoms with van der Waals surface area (Å²) >= 11 is 4.78. The van der Waals surface area contributed by atoms with Crippen molar-refractivity contribution in [2.45, 2.75) is 6.92 Å². The lowest BCUT2D eigenvalue weighted by atomic mass is 10.1. The Morgan fingerprint density at radius 1 is 1.35 bits per heavy atom. The second-order valence-electron chi connectivity index (χ2n) is 3.81. The van der Waals surface area contributed by atoms with Crippen molar-refractivity contribution in [3.05, 3.63) is 53.1 Å². The summed E-state index contributed by atoms with van der Waals surface area (Å²) in [6, 6.07) is 2.52. The molecule has 0 bridgehead atoms. The molecule has 3 nitrogen and oxygen atoms in total. The molecule has 0 heterocycles. The van der Waals surface area contributed by atoms with Crippen LogP contribution in [0.25, 0.3) is 0 Å². The van der Waals surface area contributed by atoms with Crippen LogP contribution in [0.2, 0.25) is 0 Å². The largest absolute Gasteiger partial charge is 0.506 e. The van der Waals surface area contributed by atoms with Gasteiger partial charge in [-0.25, -0.2) is 13.2 Å². The van der Waals surface area contributed by atoms with Gasteiger partial charge in [-0.3, -0.25) is 0 Å². The van der Waals surface area contributed by atoms with Crippen LogP contribution in [0.4, 0.5) is 18.9 Å². The number of aliphatic hydroxyl groups is 1. The van der Waals surface area contributed by atoms with E-state index in [2.05, 4.69) is 11.9 Å². The first-order valence-corrected chi connectivity index (χ1v) is 5.63. The number of benzene rings is 1. The van der Waals surface area contributed by atoms with Crippen molar-refractivity contribution in [3.63, 3.8) is 0 Å². The third-order valence-corrected chi connectivity index (χ3v) is 2.53. The molecule has 0 fully saturated rings. The van der Waals surface area contributed by atoms with E-state index in [-0.39, 0.29) is 5.57 Å². The molecular formula is C13H9F3N2OS.